The van der Waals surface area contributed by atoms with E-state index in [1.165, 1.54) is 6.20 Å². The van der Waals surface area contributed by atoms with Gasteiger partial charge in [0.1, 0.15) is 5.69 Å². The molecule has 0 spiro atoms. The predicted octanol–water partition coefficient (Wildman–Crippen LogP) is 4.81. The van der Waals surface area contributed by atoms with Gasteiger partial charge in [-0.05, 0) is 43.4 Å². The number of oxazole rings is 1. The van der Waals surface area contributed by atoms with Gasteiger partial charge in [0.2, 0.25) is 11.7 Å². The maximum Gasteiger partial charge on any atom is 0.288 e. The van der Waals surface area contributed by atoms with Crippen molar-refractivity contribution in [2.45, 2.75) is 66.5 Å². The summed E-state index contributed by atoms with van der Waals surface area (Å²) in [5, 5.41) is 13.1. The fourth-order valence-electron chi connectivity index (χ4n) is 3.15. The van der Waals surface area contributed by atoms with Crippen LogP contribution < -0.4 is 10.6 Å². The number of nitrogens with one attached hydrogen (secondary N) is 3. The molecule has 8 heteroatoms. The van der Waals surface area contributed by atoms with Gasteiger partial charge in [-0.15, -0.1) is 0 Å². The van der Waals surface area contributed by atoms with Crippen LogP contribution in [0.2, 0.25) is 0 Å². The molecule has 1 aromatic carbocycles. The third-order valence-corrected chi connectivity index (χ3v) is 5.92. The predicted molar refractivity (Wildman–Crippen MR) is 128 cm³/mol. The number of hydrogen-bond acceptors (Lipinski definition) is 5. The first-order chi connectivity index (χ1) is 15.6. The van der Waals surface area contributed by atoms with Gasteiger partial charge < -0.3 is 15.1 Å². The molecule has 8 nitrogen and oxygen atoms in total. The molecular weight excluding hydrogens is 418 g/mol. The molecular formula is C25H33N5O3. The van der Waals surface area contributed by atoms with E-state index in [0.29, 0.717) is 22.8 Å². The Kier molecular flexibility index (Phi) is 7.36. The second-order valence-corrected chi connectivity index (χ2v) is 9.33. The largest absolute Gasteiger partial charge is 0.431 e. The van der Waals surface area contributed by atoms with Crippen LogP contribution in [0.1, 0.15) is 75.4 Å². The third kappa shape index (κ3) is 5.88. The molecule has 0 fully saturated rings. The summed E-state index contributed by atoms with van der Waals surface area (Å²) in [7, 11) is 0. The molecule has 0 radical (unpaired) electrons. The zero-order valence-electron chi connectivity index (χ0n) is 20.2. The molecule has 176 valence electrons. The molecule has 0 bridgehead atoms. The molecule has 0 aliphatic rings. The van der Waals surface area contributed by atoms with Gasteiger partial charge >= 0.3 is 0 Å². The summed E-state index contributed by atoms with van der Waals surface area (Å²) in [6, 6.07) is 9.28. The lowest BCUT2D eigenvalue weighted by molar-refractivity contribution is 0.0898. The van der Waals surface area contributed by atoms with E-state index in [0.717, 1.165) is 18.4 Å². The number of rotatable bonds is 8. The molecule has 0 saturated heterocycles. The van der Waals surface area contributed by atoms with E-state index < -0.39 is 0 Å². The van der Waals surface area contributed by atoms with Crippen LogP contribution in [0, 0.1) is 5.41 Å². The quantitative estimate of drug-likeness (QED) is 0.455. The highest BCUT2D eigenvalue weighted by Gasteiger charge is 2.23. The molecule has 1 atom stereocenters. The van der Waals surface area contributed by atoms with Crippen molar-refractivity contribution < 1.29 is 14.0 Å². The van der Waals surface area contributed by atoms with Crippen LogP contribution in [0.15, 0.2) is 40.9 Å². The maximum absolute atomic E-state index is 12.6. The average Bonchev–Trinajstić information content (AvgIpc) is 3.47. The lowest BCUT2D eigenvalue weighted by Crippen LogP contribution is -2.41. The van der Waals surface area contributed by atoms with Crippen LogP contribution in [0.25, 0.3) is 22.7 Å². The van der Waals surface area contributed by atoms with E-state index in [-0.39, 0.29) is 35.1 Å². The third-order valence-electron chi connectivity index (χ3n) is 5.92. The first-order valence-corrected chi connectivity index (χ1v) is 11.4. The second kappa shape index (κ2) is 10.0. The van der Waals surface area contributed by atoms with Crippen LogP contribution in [0.3, 0.4) is 0 Å². The molecule has 3 N–H and O–H groups in total. The molecule has 0 saturated carbocycles. The zero-order valence-corrected chi connectivity index (χ0v) is 20.2. The number of carbonyl (C=O) groups excluding carboxylic acids is 2. The Morgan fingerprint density at radius 2 is 1.76 bits per heavy atom. The van der Waals surface area contributed by atoms with Gasteiger partial charge in [-0.1, -0.05) is 46.8 Å². The highest BCUT2D eigenvalue weighted by atomic mass is 16.4. The molecule has 0 aliphatic carbocycles. The first-order valence-electron chi connectivity index (χ1n) is 11.4. The fraction of sp³-hybridized carbons (Fsp3) is 0.440. The smallest absolute Gasteiger partial charge is 0.288 e. The summed E-state index contributed by atoms with van der Waals surface area (Å²) in [6.07, 6.45) is 3.14. The van der Waals surface area contributed by atoms with Crippen molar-refractivity contribution in [3.63, 3.8) is 0 Å². The van der Waals surface area contributed by atoms with Gasteiger partial charge in [0, 0.05) is 23.2 Å². The van der Waals surface area contributed by atoms with E-state index in [2.05, 4.69) is 46.6 Å². The normalized spacial score (nSPS) is 12.6. The molecule has 2 amide bonds. The summed E-state index contributed by atoms with van der Waals surface area (Å²) in [5.74, 6) is 0.0484. The molecule has 2 aromatic heterocycles. The van der Waals surface area contributed by atoms with E-state index in [9.17, 15) is 9.59 Å². The van der Waals surface area contributed by atoms with E-state index in [1.807, 2.05) is 45.0 Å². The Morgan fingerprint density at radius 1 is 1.06 bits per heavy atom. The van der Waals surface area contributed by atoms with Gasteiger partial charge in [0.15, 0.2) is 0 Å². The van der Waals surface area contributed by atoms with Gasteiger partial charge in [0.25, 0.3) is 11.8 Å². The van der Waals surface area contributed by atoms with E-state index >= 15 is 0 Å². The highest BCUT2D eigenvalue weighted by Crippen LogP contribution is 2.26. The Morgan fingerprint density at radius 3 is 2.42 bits per heavy atom. The van der Waals surface area contributed by atoms with Crippen molar-refractivity contribution in [2.24, 2.45) is 5.41 Å². The molecule has 33 heavy (non-hydrogen) atoms. The van der Waals surface area contributed by atoms with Crippen molar-refractivity contribution in [3.05, 3.63) is 48.0 Å². The summed E-state index contributed by atoms with van der Waals surface area (Å²) in [6.45, 7) is 12.3. The number of amides is 2. The summed E-state index contributed by atoms with van der Waals surface area (Å²) in [4.78, 5) is 29.3. The molecule has 2 heterocycles. The van der Waals surface area contributed by atoms with Crippen molar-refractivity contribution >= 4 is 11.8 Å². The number of nitrogens with zero attached hydrogens (tertiary/aromatic N) is 2. The Bertz CT molecular complexity index is 1110. The van der Waals surface area contributed by atoms with Crippen LogP contribution in [0.5, 0.6) is 0 Å². The second-order valence-electron chi connectivity index (χ2n) is 9.33. The lowest BCUT2D eigenvalue weighted by Gasteiger charge is -2.27. The number of aromatic amines is 1. The van der Waals surface area contributed by atoms with Gasteiger partial charge in [-0.3, -0.25) is 14.7 Å². The Hall–Kier alpha value is -3.42. The number of aromatic nitrogens is 3. The monoisotopic (exact) mass is 451 g/mol. The number of benzene rings is 1. The topological polar surface area (TPSA) is 113 Å². The molecule has 3 rings (SSSR count). The zero-order chi connectivity index (χ0) is 24.2. The number of carbonyl (C=O) groups is 2. The standard InChI is InChI=1S/C25H33N5O3/c1-7-18(8-2)28-23(32)21-14-26-24(33-21)17-11-9-10-16(12-17)19-13-20(30-29-19)22(31)27-15(3)25(4,5)6/h9-15,18H,7-8H2,1-6H3,(H,27,31)(H,28,32)(H,29,30)/t15-/m0/s1. The van der Waals surface area contributed by atoms with Crippen molar-refractivity contribution in [3.8, 4) is 22.7 Å². The minimum absolute atomic E-state index is 0.00133. The number of hydrogen-bond donors (Lipinski definition) is 3. The fourth-order valence-corrected chi connectivity index (χ4v) is 3.15. The average molecular weight is 452 g/mol. The molecule has 0 aliphatic heterocycles. The maximum atomic E-state index is 12.6. The van der Waals surface area contributed by atoms with Crippen LogP contribution in [-0.4, -0.2) is 39.1 Å². The van der Waals surface area contributed by atoms with Crippen LogP contribution >= 0.6 is 0 Å². The number of H-pyrrole nitrogens is 1. The molecule has 0 unspecified atom stereocenters. The minimum Gasteiger partial charge on any atom is -0.431 e. The summed E-state index contributed by atoms with van der Waals surface area (Å²) < 4.78 is 5.72. The lowest BCUT2D eigenvalue weighted by atomic mass is 9.88. The van der Waals surface area contributed by atoms with Crippen molar-refractivity contribution in [2.75, 3.05) is 0 Å². The highest BCUT2D eigenvalue weighted by molar-refractivity contribution is 5.93. The van der Waals surface area contributed by atoms with Crippen molar-refractivity contribution in [1.29, 1.82) is 0 Å². The first kappa shape index (κ1) is 24.2. The van der Waals surface area contributed by atoms with Gasteiger partial charge in [-0.2, -0.15) is 5.10 Å². The van der Waals surface area contributed by atoms with Crippen molar-refractivity contribution in [1.82, 2.24) is 25.8 Å². The Labute approximate surface area is 194 Å². The SMILES string of the molecule is CCC(CC)NC(=O)c1cnc(-c2cccc(-c3cc(C(=O)N[C@@H](C)C(C)(C)C)[nH]n3)c2)o1. The summed E-state index contributed by atoms with van der Waals surface area (Å²) in [5.41, 5.74) is 2.48. The minimum atomic E-state index is -0.272. The summed E-state index contributed by atoms with van der Waals surface area (Å²) >= 11 is 0. The van der Waals surface area contributed by atoms with Crippen LogP contribution in [-0.2, 0) is 0 Å². The molecule has 3 aromatic rings. The van der Waals surface area contributed by atoms with Crippen LogP contribution in [0.4, 0.5) is 0 Å². The van der Waals surface area contributed by atoms with Gasteiger partial charge in [0.05, 0.1) is 11.9 Å². The van der Waals surface area contributed by atoms with Gasteiger partial charge in [-0.25, -0.2) is 4.98 Å². The Balaban J connectivity index is 1.75. The van der Waals surface area contributed by atoms with E-state index in [4.69, 9.17) is 4.42 Å². The van der Waals surface area contributed by atoms with E-state index in [1.54, 1.807) is 6.07 Å².